The molecule has 2 heteroatoms. The minimum Gasteiger partial charge on any atom is -0.288 e. The van der Waals surface area contributed by atoms with Crippen molar-refractivity contribution in [1.29, 1.82) is 0 Å². The third-order valence-electron chi connectivity index (χ3n) is 4.33. The fraction of sp³-hybridized carbons (Fsp3) is 0.211. The molecule has 1 aliphatic rings. The summed E-state index contributed by atoms with van der Waals surface area (Å²) < 4.78 is 0. The second-order valence-electron chi connectivity index (χ2n) is 5.72. The SMILES string of the molecule is Cc1ccc2ccccc2c1C(=O)c1cc2c(s1)CCC2. The molecule has 0 saturated heterocycles. The molecule has 1 aliphatic carbocycles. The van der Waals surface area contributed by atoms with Gasteiger partial charge >= 0.3 is 0 Å². The van der Waals surface area contributed by atoms with Crippen molar-refractivity contribution in [1.82, 2.24) is 0 Å². The molecule has 0 unspecified atom stereocenters. The third kappa shape index (κ3) is 2.02. The molecule has 1 heterocycles. The number of hydrogen-bond donors (Lipinski definition) is 0. The van der Waals surface area contributed by atoms with Crippen molar-refractivity contribution in [3.63, 3.8) is 0 Å². The summed E-state index contributed by atoms with van der Waals surface area (Å²) in [6, 6.07) is 14.4. The summed E-state index contributed by atoms with van der Waals surface area (Å²) >= 11 is 1.69. The van der Waals surface area contributed by atoms with Gasteiger partial charge in [-0.05, 0) is 54.2 Å². The Morgan fingerprint density at radius 3 is 2.81 bits per heavy atom. The summed E-state index contributed by atoms with van der Waals surface area (Å²) in [4.78, 5) is 15.3. The highest BCUT2D eigenvalue weighted by atomic mass is 32.1. The Morgan fingerprint density at radius 1 is 1.10 bits per heavy atom. The molecule has 0 saturated carbocycles. The summed E-state index contributed by atoms with van der Waals surface area (Å²) in [5.74, 6) is 0.184. The molecule has 2 aromatic carbocycles. The van der Waals surface area contributed by atoms with Crippen molar-refractivity contribution in [2.75, 3.05) is 0 Å². The van der Waals surface area contributed by atoms with Gasteiger partial charge in [0.2, 0.25) is 5.78 Å². The van der Waals surface area contributed by atoms with E-state index in [1.54, 1.807) is 11.3 Å². The number of fused-ring (bicyclic) bond motifs is 2. The Kier molecular flexibility index (Phi) is 2.93. The van der Waals surface area contributed by atoms with Gasteiger partial charge in [0.1, 0.15) is 0 Å². The standard InChI is InChI=1S/C19H16OS/c1-12-9-10-13-5-2-3-7-15(13)18(12)19(20)17-11-14-6-4-8-16(14)21-17/h2-3,5,7,9-11H,4,6,8H2,1H3. The number of carbonyl (C=O) groups excluding carboxylic acids is 1. The lowest BCUT2D eigenvalue weighted by atomic mass is 9.96. The Balaban J connectivity index is 1.88. The number of ketones is 1. The molecule has 3 aromatic rings. The highest BCUT2D eigenvalue weighted by Gasteiger charge is 2.21. The molecule has 104 valence electrons. The molecular weight excluding hydrogens is 276 g/mol. The predicted molar refractivity (Wildman–Crippen MR) is 88.5 cm³/mol. The molecule has 0 N–H and O–H groups in total. The van der Waals surface area contributed by atoms with E-state index in [1.165, 1.54) is 16.9 Å². The van der Waals surface area contributed by atoms with Gasteiger partial charge in [-0.3, -0.25) is 4.79 Å². The maximum atomic E-state index is 13.0. The summed E-state index contributed by atoms with van der Waals surface area (Å²) in [5.41, 5.74) is 3.32. The molecule has 0 amide bonds. The van der Waals surface area contributed by atoms with Gasteiger partial charge in [-0.1, -0.05) is 36.4 Å². The number of carbonyl (C=O) groups is 1. The second-order valence-corrected chi connectivity index (χ2v) is 6.86. The van der Waals surface area contributed by atoms with Gasteiger partial charge in [0.15, 0.2) is 0 Å². The highest BCUT2D eigenvalue weighted by molar-refractivity contribution is 7.14. The van der Waals surface area contributed by atoms with E-state index in [9.17, 15) is 4.79 Å². The van der Waals surface area contributed by atoms with Gasteiger partial charge < -0.3 is 0 Å². The van der Waals surface area contributed by atoms with Crippen LogP contribution in [-0.4, -0.2) is 5.78 Å². The Bertz CT molecular complexity index is 836. The molecule has 0 aliphatic heterocycles. The van der Waals surface area contributed by atoms with Crippen molar-refractivity contribution >= 4 is 27.9 Å². The lowest BCUT2D eigenvalue weighted by Gasteiger charge is -2.08. The minimum absolute atomic E-state index is 0.184. The normalized spacial score (nSPS) is 13.6. The highest BCUT2D eigenvalue weighted by Crippen LogP contribution is 2.33. The summed E-state index contributed by atoms with van der Waals surface area (Å²) in [6.45, 7) is 2.03. The second kappa shape index (κ2) is 4.81. The Morgan fingerprint density at radius 2 is 1.95 bits per heavy atom. The van der Waals surface area contributed by atoms with Crippen molar-refractivity contribution in [3.05, 3.63) is 68.9 Å². The zero-order valence-corrected chi connectivity index (χ0v) is 12.8. The summed E-state index contributed by atoms with van der Waals surface area (Å²) in [6.07, 6.45) is 3.51. The van der Waals surface area contributed by atoms with Crippen LogP contribution < -0.4 is 0 Å². The molecule has 0 atom stereocenters. The van der Waals surface area contributed by atoms with Crippen LogP contribution in [0.4, 0.5) is 0 Å². The van der Waals surface area contributed by atoms with Gasteiger partial charge in [-0.25, -0.2) is 0 Å². The average molecular weight is 292 g/mol. The first-order valence-corrected chi connectivity index (χ1v) is 8.20. The molecule has 0 spiro atoms. The number of thiophene rings is 1. The number of rotatable bonds is 2. The van der Waals surface area contributed by atoms with Gasteiger partial charge in [0.05, 0.1) is 4.88 Å². The zero-order valence-electron chi connectivity index (χ0n) is 12.0. The molecule has 0 radical (unpaired) electrons. The van der Waals surface area contributed by atoms with E-state index in [1.807, 2.05) is 19.1 Å². The first kappa shape index (κ1) is 12.8. The van der Waals surface area contributed by atoms with Crippen LogP contribution in [0.25, 0.3) is 10.8 Å². The number of hydrogen-bond acceptors (Lipinski definition) is 2. The smallest absolute Gasteiger partial charge is 0.203 e. The number of aryl methyl sites for hydroxylation is 3. The summed E-state index contributed by atoms with van der Waals surface area (Å²) in [7, 11) is 0. The first-order valence-electron chi connectivity index (χ1n) is 7.38. The van der Waals surface area contributed by atoms with Gasteiger partial charge in [-0.15, -0.1) is 11.3 Å². The van der Waals surface area contributed by atoms with E-state index in [0.717, 1.165) is 39.6 Å². The van der Waals surface area contributed by atoms with E-state index >= 15 is 0 Å². The van der Waals surface area contributed by atoms with E-state index < -0.39 is 0 Å². The molecule has 0 bridgehead atoms. The lowest BCUT2D eigenvalue weighted by molar-refractivity contribution is 0.104. The maximum Gasteiger partial charge on any atom is 0.203 e. The van der Waals surface area contributed by atoms with Crippen molar-refractivity contribution in [3.8, 4) is 0 Å². The fourth-order valence-electron chi connectivity index (χ4n) is 3.25. The van der Waals surface area contributed by atoms with Crippen molar-refractivity contribution < 1.29 is 4.79 Å². The predicted octanol–water partition coefficient (Wildman–Crippen LogP) is 4.93. The van der Waals surface area contributed by atoms with Crippen LogP contribution >= 0.6 is 11.3 Å². The molecule has 0 fully saturated rings. The number of benzene rings is 2. The van der Waals surface area contributed by atoms with Crippen molar-refractivity contribution in [2.24, 2.45) is 0 Å². The van der Waals surface area contributed by atoms with E-state index in [-0.39, 0.29) is 5.78 Å². The fourth-order valence-corrected chi connectivity index (χ4v) is 4.45. The lowest BCUT2D eigenvalue weighted by Crippen LogP contribution is -2.03. The molecule has 21 heavy (non-hydrogen) atoms. The van der Waals surface area contributed by atoms with Gasteiger partial charge in [0, 0.05) is 10.4 Å². The minimum atomic E-state index is 0.184. The molecular formula is C19H16OS. The Labute approximate surface area is 128 Å². The van der Waals surface area contributed by atoms with Crippen LogP contribution in [0, 0.1) is 6.92 Å². The van der Waals surface area contributed by atoms with E-state index in [2.05, 4.69) is 30.3 Å². The van der Waals surface area contributed by atoms with Crippen LogP contribution in [0.2, 0.25) is 0 Å². The quantitative estimate of drug-likeness (QED) is 0.612. The van der Waals surface area contributed by atoms with Crippen LogP contribution in [0.1, 0.15) is 37.7 Å². The monoisotopic (exact) mass is 292 g/mol. The first-order chi connectivity index (χ1) is 10.2. The van der Waals surface area contributed by atoms with Gasteiger partial charge in [-0.2, -0.15) is 0 Å². The molecule has 1 nitrogen and oxygen atoms in total. The largest absolute Gasteiger partial charge is 0.288 e. The van der Waals surface area contributed by atoms with Crippen LogP contribution in [0.15, 0.2) is 42.5 Å². The summed E-state index contributed by atoms with van der Waals surface area (Å²) in [5, 5.41) is 2.20. The van der Waals surface area contributed by atoms with Gasteiger partial charge in [0.25, 0.3) is 0 Å². The third-order valence-corrected chi connectivity index (χ3v) is 5.57. The molecule has 1 aromatic heterocycles. The van der Waals surface area contributed by atoms with Crippen molar-refractivity contribution in [2.45, 2.75) is 26.2 Å². The average Bonchev–Trinajstić information content (AvgIpc) is 3.07. The Hall–Kier alpha value is -1.93. The zero-order chi connectivity index (χ0) is 14.4. The van der Waals surface area contributed by atoms with Crippen LogP contribution in [0.3, 0.4) is 0 Å². The van der Waals surface area contributed by atoms with E-state index in [4.69, 9.17) is 0 Å². The molecule has 4 rings (SSSR count). The van der Waals surface area contributed by atoms with Crippen LogP contribution in [0.5, 0.6) is 0 Å². The van der Waals surface area contributed by atoms with Crippen LogP contribution in [-0.2, 0) is 12.8 Å². The topological polar surface area (TPSA) is 17.1 Å². The maximum absolute atomic E-state index is 13.0. The van der Waals surface area contributed by atoms with E-state index in [0.29, 0.717) is 0 Å².